The Kier molecular flexibility index (Phi) is 27.6. The Morgan fingerprint density at radius 1 is 0.618 bits per heavy atom. The molecule has 1 aliphatic carbocycles. The molecular formula is C55H84FNO11. The Morgan fingerprint density at radius 2 is 1.12 bits per heavy atom. The lowest BCUT2D eigenvalue weighted by Crippen LogP contribution is -2.51. The molecule has 0 spiro atoms. The zero-order valence-electron chi connectivity index (χ0n) is 40.7. The molecule has 1 aliphatic rings. The number of aliphatic hydroxyl groups excluding tert-OH is 7. The van der Waals surface area contributed by atoms with E-state index in [9.17, 15) is 44.9 Å². The van der Waals surface area contributed by atoms with Gasteiger partial charge in [-0.05, 0) is 85.3 Å². The largest absolute Gasteiger partial charge is 0.465 e. The van der Waals surface area contributed by atoms with Gasteiger partial charge in [-0.3, -0.25) is 4.79 Å². The van der Waals surface area contributed by atoms with Crippen LogP contribution in [-0.4, -0.2) is 97.7 Å². The summed E-state index contributed by atoms with van der Waals surface area (Å²) in [7, 11) is 0. The first-order valence-corrected chi connectivity index (χ1v) is 25.8. The number of benzene rings is 3. The highest BCUT2D eigenvalue weighted by Crippen LogP contribution is 2.35. The van der Waals surface area contributed by atoms with Crippen molar-refractivity contribution >= 4 is 5.91 Å². The molecule has 4 rings (SSSR count). The molecule has 13 heteroatoms. The molecule has 0 radical (unpaired) electrons. The number of hydrogen-bond acceptors (Lipinski definition) is 11. The van der Waals surface area contributed by atoms with Crippen LogP contribution >= 0.6 is 0 Å². The summed E-state index contributed by atoms with van der Waals surface area (Å²) in [5.41, 5.74) is 1.99. The van der Waals surface area contributed by atoms with Gasteiger partial charge in [-0.15, -0.1) is 0 Å². The van der Waals surface area contributed by atoms with Crippen LogP contribution in [0.2, 0.25) is 0 Å². The van der Waals surface area contributed by atoms with E-state index in [1.165, 1.54) is 75.5 Å². The van der Waals surface area contributed by atoms with Crippen molar-refractivity contribution in [1.82, 2.24) is 5.32 Å². The molecule has 12 nitrogen and oxygen atoms in total. The highest BCUT2D eigenvalue weighted by molar-refractivity contribution is 5.76. The summed E-state index contributed by atoms with van der Waals surface area (Å²) in [6.45, 7) is 1.78. The number of ether oxygens (including phenoxy) is 3. The summed E-state index contributed by atoms with van der Waals surface area (Å²) in [6.07, 6.45) is 16.4. The van der Waals surface area contributed by atoms with Crippen LogP contribution in [0.15, 0.2) is 72.8 Å². The van der Waals surface area contributed by atoms with Crippen molar-refractivity contribution in [2.75, 3.05) is 13.2 Å². The highest BCUT2D eigenvalue weighted by Gasteiger charge is 2.52. The first kappa shape index (κ1) is 56.9. The van der Waals surface area contributed by atoms with E-state index in [2.05, 4.69) is 24.4 Å². The van der Waals surface area contributed by atoms with Gasteiger partial charge in [-0.25, -0.2) is 4.39 Å². The maximum Gasteiger partial charge on any atom is 0.220 e. The van der Waals surface area contributed by atoms with Crippen molar-refractivity contribution < 1.29 is 59.1 Å². The van der Waals surface area contributed by atoms with E-state index in [1.807, 2.05) is 12.1 Å². The second-order valence-electron chi connectivity index (χ2n) is 19.0. The quantitative estimate of drug-likeness (QED) is 0.0203. The van der Waals surface area contributed by atoms with Crippen LogP contribution in [-0.2, 0) is 22.6 Å². The Labute approximate surface area is 405 Å². The molecule has 8 N–H and O–H groups in total. The summed E-state index contributed by atoms with van der Waals surface area (Å²) in [5.74, 6) is -1.14. The number of carbonyl (C=O) groups is 1. The molecule has 0 aliphatic heterocycles. The van der Waals surface area contributed by atoms with Gasteiger partial charge in [0.2, 0.25) is 12.2 Å². The number of aliphatic hydroxyl groups is 7. The van der Waals surface area contributed by atoms with Crippen LogP contribution < -0.4 is 14.8 Å². The third-order valence-corrected chi connectivity index (χ3v) is 13.4. The van der Waals surface area contributed by atoms with Crippen molar-refractivity contribution in [3.05, 3.63) is 89.7 Å². The Hall–Kier alpha value is -3.66. The van der Waals surface area contributed by atoms with Gasteiger partial charge < -0.3 is 55.3 Å². The number of aryl methyl sites for hydroxylation is 1. The number of amides is 1. The monoisotopic (exact) mass is 954 g/mol. The van der Waals surface area contributed by atoms with Gasteiger partial charge in [0, 0.05) is 12.3 Å². The minimum atomic E-state index is -1.64. The maximum absolute atomic E-state index is 13.2. The van der Waals surface area contributed by atoms with E-state index in [0.717, 1.165) is 88.4 Å². The first-order valence-electron chi connectivity index (χ1n) is 25.8. The fourth-order valence-corrected chi connectivity index (χ4v) is 9.09. The van der Waals surface area contributed by atoms with Crippen molar-refractivity contribution in [3.8, 4) is 17.2 Å². The summed E-state index contributed by atoms with van der Waals surface area (Å²) < 4.78 is 30.5. The van der Waals surface area contributed by atoms with Gasteiger partial charge in [-0.2, -0.15) is 0 Å². The average Bonchev–Trinajstić information content (AvgIpc) is 3.56. The van der Waals surface area contributed by atoms with Gasteiger partial charge in [0.1, 0.15) is 29.2 Å². The van der Waals surface area contributed by atoms with Gasteiger partial charge in [-0.1, -0.05) is 147 Å². The van der Waals surface area contributed by atoms with E-state index in [-0.39, 0.29) is 30.7 Å². The highest BCUT2D eigenvalue weighted by atomic mass is 19.1. The number of nitrogens with one attached hydrogen (secondary N) is 1. The SMILES string of the molecule is CCCCCCCCCCCCCC[C@@H](O)[C@@H](O)[C@H](COCc1ccc(O[C@@H](O)C2C(O)C(CO)[C@H](O)C2O)cc1)NC(=O)CCCCCCCCCCc1ccc(Oc2ccc(F)cc2)cc1. The molecule has 1 amide bonds. The van der Waals surface area contributed by atoms with E-state index < -0.39 is 61.3 Å². The van der Waals surface area contributed by atoms with Gasteiger partial charge in [0.15, 0.2) is 0 Å². The molecule has 0 aromatic heterocycles. The predicted molar refractivity (Wildman–Crippen MR) is 263 cm³/mol. The predicted octanol–water partition coefficient (Wildman–Crippen LogP) is 9.20. The fourth-order valence-electron chi connectivity index (χ4n) is 9.09. The van der Waals surface area contributed by atoms with Crippen molar-refractivity contribution in [1.29, 1.82) is 0 Å². The summed E-state index contributed by atoms with van der Waals surface area (Å²) >= 11 is 0. The minimum Gasteiger partial charge on any atom is -0.465 e. The van der Waals surface area contributed by atoms with E-state index >= 15 is 0 Å². The summed E-state index contributed by atoms with van der Waals surface area (Å²) in [6, 6.07) is 19.8. The molecule has 0 bridgehead atoms. The minimum absolute atomic E-state index is 0.0254. The second-order valence-corrected chi connectivity index (χ2v) is 19.0. The lowest BCUT2D eigenvalue weighted by molar-refractivity contribution is -0.127. The van der Waals surface area contributed by atoms with Gasteiger partial charge in [0.25, 0.3) is 0 Å². The van der Waals surface area contributed by atoms with E-state index in [0.29, 0.717) is 18.6 Å². The third-order valence-electron chi connectivity index (χ3n) is 13.4. The van der Waals surface area contributed by atoms with Gasteiger partial charge in [0.05, 0.1) is 56.2 Å². The molecule has 9 atom stereocenters. The second kappa shape index (κ2) is 33.0. The number of rotatable bonds is 37. The van der Waals surface area contributed by atoms with Crippen molar-refractivity contribution in [2.24, 2.45) is 11.8 Å². The molecule has 0 saturated heterocycles. The average molecular weight is 954 g/mol. The molecule has 68 heavy (non-hydrogen) atoms. The Balaban J connectivity index is 1.14. The Morgan fingerprint density at radius 3 is 1.68 bits per heavy atom. The van der Waals surface area contributed by atoms with Crippen molar-refractivity contribution in [3.63, 3.8) is 0 Å². The fraction of sp³-hybridized carbons (Fsp3) is 0.655. The standard InChI is InChI=1S/C55H84FNO11/c1-2-3-4-5-6-7-8-9-10-14-17-20-23-48(59)53(63)47(39-66-38-41-27-33-45(34-28-41)68-55(65)50-51(61)46(37-58)52(62)54(50)64)57-49(60)24-21-18-15-12-11-13-16-19-22-40-25-31-43(32-26-40)67-44-35-29-42(56)30-36-44/h25-36,46-48,50-55,58-59,61-65H,2-24,37-39H2,1H3,(H,57,60)/t46?,47-,48+,50?,51?,52-,53-,54?,55+/m0/s1. The number of unbranched alkanes of at least 4 members (excludes halogenated alkanes) is 18. The zero-order valence-corrected chi connectivity index (χ0v) is 40.7. The van der Waals surface area contributed by atoms with Crippen LogP contribution in [0.3, 0.4) is 0 Å². The molecule has 3 aromatic rings. The summed E-state index contributed by atoms with van der Waals surface area (Å²) in [5, 5.41) is 76.3. The Bertz CT molecular complexity index is 1750. The van der Waals surface area contributed by atoms with Crippen molar-refractivity contribution in [2.45, 2.75) is 204 Å². The number of carbonyl (C=O) groups excluding carboxylic acids is 1. The van der Waals surface area contributed by atoms with E-state index in [4.69, 9.17) is 14.2 Å². The smallest absolute Gasteiger partial charge is 0.220 e. The lowest BCUT2D eigenvalue weighted by atomic mass is 9.99. The maximum atomic E-state index is 13.2. The molecule has 3 aromatic carbocycles. The molecule has 382 valence electrons. The molecule has 0 heterocycles. The molecule has 1 fully saturated rings. The normalized spacial score (nSPS) is 19.9. The first-order chi connectivity index (χ1) is 33.0. The van der Waals surface area contributed by atoms with Gasteiger partial charge >= 0.3 is 0 Å². The summed E-state index contributed by atoms with van der Waals surface area (Å²) in [4.78, 5) is 13.2. The molecule has 1 saturated carbocycles. The third kappa shape index (κ3) is 21.1. The zero-order chi connectivity index (χ0) is 48.9. The van der Waals surface area contributed by atoms with E-state index in [1.54, 1.807) is 36.4 Å². The van der Waals surface area contributed by atoms with Crippen LogP contribution in [0.1, 0.15) is 159 Å². The van der Waals surface area contributed by atoms with Crippen LogP contribution in [0.4, 0.5) is 4.39 Å². The van der Waals surface area contributed by atoms with Crippen LogP contribution in [0, 0.1) is 17.7 Å². The van der Waals surface area contributed by atoms with Crippen LogP contribution in [0.25, 0.3) is 0 Å². The van der Waals surface area contributed by atoms with Crippen LogP contribution in [0.5, 0.6) is 17.2 Å². The number of hydrogen-bond donors (Lipinski definition) is 8. The number of halogens is 1. The molecular weight excluding hydrogens is 870 g/mol. The lowest BCUT2D eigenvalue weighted by Gasteiger charge is -2.28. The molecule has 4 unspecified atom stereocenters. The topological polar surface area (TPSA) is 198 Å².